The summed E-state index contributed by atoms with van der Waals surface area (Å²) in [5, 5.41) is 2.75. The van der Waals surface area contributed by atoms with E-state index >= 15 is 0 Å². The fourth-order valence-corrected chi connectivity index (χ4v) is 1.32. The summed E-state index contributed by atoms with van der Waals surface area (Å²) < 4.78 is 17.9. The highest BCUT2D eigenvalue weighted by molar-refractivity contribution is 5.75. The molecule has 0 aliphatic rings. The monoisotopic (exact) mass is 254 g/mol. The summed E-state index contributed by atoms with van der Waals surface area (Å²) in [6.07, 6.45) is 1.03. The van der Waals surface area contributed by atoms with Crippen molar-refractivity contribution in [2.24, 2.45) is 5.73 Å². The first-order chi connectivity index (χ1) is 8.58. The molecule has 0 fully saturated rings. The van der Waals surface area contributed by atoms with Crippen molar-refractivity contribution >= 4 is 5.91 Å². The van der Waals surface area contributed by atoms with E-state index in [9.17, 15) is 9.18 Å². The van der Waals surface area contributed by atoms with Gasteiger partial charge in [0.2, 0.25) is 5.91 Å². The van der Waals surface area contributed by atoms with E-state index in [4.69, 9.17) is 10.5 Å². The molecule has 18 heavy (non-hydrogen) atoms. The third kappa shape index (κ3) is 6.20. The van der Waals surface area contributed by atoms with Crippen LogP contribution in [0.4, 0.5) is 4.39 Å². The Morgan fingerprint density at radius 1 is 1.44 bits per heavy atom. The molecular weight excluding hydrogens is 235 g/mol. The molecule has 0 spiro atoms. The number of benzene rings is 1. The van der Waals surface area contributed by atoms with Crippen LogP contribution in [0.3, 0.4) is 0 Å². The van der Waals surface area contributed by atoms with E-state index in [1.807, 2.05) is 6.92 Å². The molecule has 1 rings (SSSR count). The molecule has 0 aliphatic carbocycles. The number of ether oxygens (including phenoxy) is 1. The van der Waals surface area contributed by atoms with Crippen molar-refractivity contribution in [3.63, 3.8) is 0 Å². The number of rotatable bonds is 7. The van der Waals surface area contributed by atoms with Crippen LogP contribution in [0.5, 0.6) is 5.75 Å². The zero-order valence-electron chi connectivity index (χ0n) is 10.5. The Hall–Kier alpha value is -1.62. The zero-order chi connectivity index (χ0) is 13.4. The Labute approximate surface area is 106 Å². The van der Waals surface area contributed by atoms with Gasteiger partial charge < -0.3 is 15.8 Å². The summed E-state index contributed by atoms with van der Waals surface area (Å²) >= 11 is 0. The third-order valence-corrected chi connectivity index (χ3v) is 2.33. The smallest absolute Gasteiger partial charge is 0.223 e. The summed E-state index contributed by atoms with van der Waals surface area (Å²) in [5.41, 5.74) is 5.56. The van der Waals surface area contributed by atoms with Gasteiger partial charge in [-0.05, 0) is 37.6 Å². The van der Waals surface area contributed by atoms with Gasteiger partial charge in [0.15, 0.2) is 0 Å². The number of nitrogens with two attached hydrogens (primary N) is 1. The minimum Gasteiger partial charge on any atom is -0.493 e. The Bertz CT molecular complexity index is 366. The molecule has 1 atom stereocenters. The maximum Gasteiger partial charge on any atom is 0.223 e. The van der Waals surface area contributed by atoms with Gasteiger partial charge in [0.1, 0.15) is 11.6 Å². The van der Waals surface area contributed by atoms with Crippen LogP contribution in [0.2, 0.25) is 0 Å². The summed E-state index contributed by atoms with van der Waals surface area (Å²) in [5.74, 6) is 0.175. The van der Waals surface area contributed by atoms with E-state index in [0.29, 0.717) is 12.3 Å². The number of halogens is 1. The van der Waals surface area contributed by atoms with Crippen LogP contribution in [0.1, 0.15) is 19.8 Å². The highest BCUT2D eigenvalue weighted by atomic mass is 19.1. The van der Waals surface area contributed by atoms with Gasteiger partial charge in [0.05, 0.1) is 13.0 Å². The highest BCUT2D eigenvalue weighted by Crippen LogP contribution is 2.10. The predicted molar refractivity (Wildman–Crippen MR) is 67.8 cm³/mol. The Morgan fingerprint density at radius 3 is 2.72 bits per heavy atom. The van der Waals surface area contributed by atoms with Crippen molar-refractivity contribution in [1.82, 2.24) is 5.32 Å². The molecule has 100 valence electrons. The molecule has 0 radical (unpaired) electrons. The lowest BCUT2D eigenvalue weighted by Crippen LogP contribution is -2.29. The summed E-state index contributed by atoms with van der Waals surface area (Å²) in [6.45, 7) is 2.74. The first-order valence-corrected chi connectivity index (χ1v) is 5.98. The quantitative estimate of drug-likeness (QED) is 0.774. The van der Waals surface area contributed by atoms with Gasteiger partial charge in [0, 0.05) is 12.6 Å². The fourth-order valence-electron chi connectivity index (χ4n) is 1.32. The average molecular weight is 254 g/mol. The minimum atomic E-state index is -0.309. The second-order valence-electron chi connectivity index (χ2n) is 4.17. The van der Waals surface area contributed by atoms with Crippen LogP contribution in [-0.4, -0.2) is 25.1 Å². The fraction of sp³-hybridized carbons (Fsp3) is 0.462. The first kappa shape index (κ1) is 14.4. The van der Waals surface area contributed by atoms with Gasteiger partial charge >= 0.3 is 0 Å². The molecule has 1 unspecified atom stereocenters. The number of nitrogens with one attached hydrogen (secondary N) is 1. The van der Waals surface area contributed by atoms with E-state index in [-0.39, 0.29) is 30.8 Å². The van der Waals surface area contributed by atoms with Crippen LogP contribution >= 0.6 is 0 Å². The standard InChI is InChI=1S/C13H19FN2O2/c1-10(15)6-8-16-13(17)7-9-18-12-4-2-11(14)3-5-12/h2-5,10H,6-9,15H2,1H3,(H,16,17). The van der Waals surface area contributed by atoms with E-state index in [0.717, 1.165) is 6.42 Å². The lowest BCUT2D eigenvalue weighted by molar-refractivity contribution is -0.121. The van der Waals surface area contributed by atoms with Crippen molar-refractivity contribution in [2.75, 3.05) is 13.2 Å². The van der Waals surface area contributed by atoms with Crippen molar-refractivity contribution in [1.29, 1.82) is 0 Å². The Kier molecular flexibility index (Phi) is 6.14. The Balaban J connectivity index is 2.13. The molecule has 1 aromatic carbocycles. The lowest BCUT2D eigenvalue weighted by Gasteiger charge is -2.08. The normalized spacial score (nSPS) is 11.9. The molecule has 5 heteroatoms. The number of amides is 1. The molecule has 0 bridgehead atoms. The molecule has 4 nitrogen and oxygen atoms in total. The zero-order valence-corrected chi connectivity index (χ0v) is 10.5. The third-order valence-electron chi connectivity index (χ3n) is 2.33. The molecule has 0 saturated heterocycles. The molecule has 0 saturated carbocycles. The maximum absolute atomic E-state index is 12.6. The lowest BCUT2D eigenvalue weighted by atomic mass is 10.2. The van der Waals surface area contributed by atoms with E-state index < -0.39 is 0 Å². The number of carbonyl (C=O) groups is 1. The van der Waals surface area contributed by atoms with Gasteiger partial charge in [-0.3, -0.25) is 4.79 Å². The summed E-state index contributed by atoms with van der Waals surface area (Å²) in [4.78, 5) is 11.4. The molecule has 0 aliphatic heterocycles. The number of hydrogen-bond donors (Lipinski definition) is 2. The second-order valence-corrected chi connectivity index (χ2v) is 4.17. The maximum atomic E-state index is 12.6. The van der Waals surface area contributed by atoms with Crippen molar-refractivity contribution in [2.45, 2.75) is 25.8 Å². The van der Waals surface area contributed by atoms with Gasteiger partial charge in [-0.2, -0.15) is 0 Å². The van der Waals surface area contributed by atoms with E-state index in [2.05, 4.69) is 5.32 Å². The predicted octanol–water partition coefficient (Wildman–Crippen LogP) is 1.45. The summed E-state index contributed by atoms with van der Waals surface area (Å²) in [7, 11) is 0. The highest BCUT2D eigenvalue weighted by Gasteiger charge is 2.02. The number of carbonyl (C=O) groups excluding carboxylic acids is 1. The Morgan fingerprint density at radius 2 is 2.11 bits per heavy atom. The van der Waals surface area contributed by atoms with Crippen molar-refractivity contribution < 1.29 is 13.9 Å². The van der Waals surface area contributed by atoms with Crippen LogP contribution in [0, 0.1) is 5.82 Å². The summed E-state index contributed by atoms with van der Waals surface area (Å²) in [6, 6.07) is 5.78. The molecule has 3 N–H and O–H groups in total. The van der Waals surface area contributed by atoms with Gasteiger partial charge in [0.25, 0.3) is 0 Å². The van der Waals surface area contributed by atoms with Crippen LogP contribution in [0.15, 0.2) is 24.3 Å². The SMILES string of the molecule is CC(N)CCNC(=O)CCOc1ccc(F)cc1. The minimum absolute atomic E-state index is 0.0715. The molecule has 1 aromatic rings. The second kappa shape index (κ2) is 7.66. The van der Waals surface area contributed by atoms with Gasteiger partial charge in [-0.25, -0.2) is 4.39 Å². The number of hydrogen-bond acceptors (Lipinski definition) is 3. The van der Waals surface area contributed by atoms with Crippen LogP contribution in [-0.2, 0) is 4.79 Å². The van der Waals surface area contributed by atoms with Gasteiger partial charge in [-0.15, -0.1) is 0 Å². The van der Waals surface area contributed by atoms with Crippen LogP contribution < -0.4 is 15.8 Å². The first-order valence-electron chi connectivity index (χ1n) is 5.98. The average Bonchev–Trinajstić information content (AvgIpc) is 2.31. The van der Waals surface area contributed by atoms with Gasteiger partial charge in [-0.1, -0.05) is 0 Å². The molecular formula is C13H19FN2O2. The van der Waals surface area contributed by atoms with Crippen molar-refractivity contribution in [3.05, 3.63) is 30.1 Å². The van der Waals surface area contributed by atoms with Crippen LogP contribution in [0.25, 0.3) is 0 Å². The topological polar surface area (TPSA) is 64.3 Å². The molecule has 0 aromatic heterocycles. The van der Waals surface area contributed by atoms with E-state index in [1.54, 1.807) is 0 Å². The molecule has 1 amide bonds. The molecule has 0 heterocycles. The van der Waals surface area contributed by atoms with Crippen molar-refractivity contribution in [3.8, 4) is 5.75 Å². The largest absolute Gasteiger partial charge is 0.493 e. The van der Waals surface area contributed by atoms with E-state index in [1.165, 1.54) is 24.3 Å².